The summed E-state index contributed by atoms with van der Waals surface area (Å²) in [7, 11) is 0. The maximum Gasteiger partial charge on any atom is 0.0409 e. The molecule has 1 aliphatic carbocycles. The summed E-state index contributed by atoms with van der Waals surface area (Å²) in [5, 5.41) is 22.9. The van der Waals surface area contributed by atoms with Gasteiger partial charge in [0.15, 0.2) is 0 Å². The number of rotatable bonds is 0. The standard InChI is InChI=1S/C7H12N2O3/c1-5-2-3-6-7(4-5)9(11)12-8(6)10/h5-7H,2-4H2,1H3/q-2. The van der Waals surface area contributed by atoms with Crippen LogP contribution in [0.2, 0.25) is 0 Å². The minimum absolute atomic E-state index is 0.237. The lowest BCUT2D eigenvalue weighted by Gasteiger charge is -2.35. The van der Waals surface area contributed by atoms with E-state index in [2.05, 4.69) is 11.9 Å². The minimum Gasteiger partial charge on any atom is -0.760 e. The van der Waals surface area contributed by atoms with Crippen molar-refractivity contribution in [1.82, 2.24) is 10.5 Å². The molecule has 0 aromatic rings. The first-order valence-electron chi connectivity index (χ1n) is 4.29. The molecule has 5 nitrogen and oxygen atoms in total. The Morgan fingerprint density at radius 2 is 1.83 bits per heavy atom. The van der Waals surface area contributed by atoms with Crippen LogP contribution in [0, 0.1) is 16.3 Å². The number of hydrogen-bond acceptors (Lipinski definition) is 5. The summed E-state index contributed by atoms with van der Waals surface area (Å²) in [6, 6.07) is -0.482. The first kappa shape index (κ1) is 8.40. The first-order chi connectivity index (χ1) is 5.68. The van der Waals surface area contributed by atoms with E-state index in [1.165, 1.54) is 0 Å². The normalized spacial score (nSPS) is 44.8. The Morgan fingerprint density at radius 1 is 1.17 bits per heavy atom. The van der Waals surface area contributed by atoms with E-state index in [0.717, 1.165) is 19.3 Å². The molecular formula is C7H12N2O3-2. The summed E-state index contributed by atoms with van der Waals surface area (Å²) < 4.78 is 0. The maximum atomic E-state index is 11.0. The molecule has 3 unspecified atom stereocenters. The van der Waals surface area contributed by atoms with Crippen LogP contribution in [0.5, 0.6) is 0 Å². The zero-order chi connectivity index (χ0) is 8.72. The second-order valence-corrected chi connectivity index (χ2v) is 3.71. The molecule has 0 aromatic heterocycles. The highest BCUT2D eigenvalue weighted by Crippen LogP contribution is 2.34. The highest BCUT2D eigenvalue weighted by Gasteiger charge is 2.36. The third-order valence-corrected chi connectivity index (χ3v) is 2.75. The molecule has 0 radical (unpaired) electrons. The van der Waals surface area contributed by atoms with Crippen molar-refractivity contribution in [3.63, 3.8) is 0 Å². The van der Waals surface area contributed by atoms with Crippen LogP contribution in [-0.2, 0) is 4.94 Å². The number of nitrogens with zero attached hydrogens (tertiary/aromatic N) is 2. The van der Waals surface area contributed by atoms with Crippen molar-refractivity contribution in [3.05, 3.63) is 10.4 Å². The molecular weight excluding hydrogens is 160 g/mol. The van der Waals surface area contributed by atoms with E-state index < -0.39 is 0 Å². The Labute approximate surface area is 71.0 Å². The van der Waals surface area contributed by atoms with Crippen molar-refractivity contribution < 1.29 is 4.94 Å². The molecule has 1 aliphatic heterocycles. The maximum absolute atomic E-state index is 11.0. The summed E-state index contributed by atoms with van der Waals surface area (Å²) in [6.45, 7) is 2.09. The van der Waals surface area contributed by atoms with Gasteiger partial charge in [-0.1, -0.05) is 6.92 Å². The van der Waals surface area contributed by atoms with E-state index in [1.807, 2.05) is 0 Å². The van der Waals surface area contributed by atoms with Crippen LogP contribution < -0.4 is 0 Å². The van der Waals surface area contributed by atoms with Gasteiger partial charge in [0.2, 0.25) is 0 Å². The van der Waals surface area contributed by atoms with Crippen LogP contribution in [-0.4, -0.2) is 22.5 Å². The Morgan fingerprint density at radius 3 is 2.58 bits per heavy atom. The SMILES string of the molecule is CC1CCC2C(C1)N([O-])ON2[O-]. The topological polar surface area (TPSA) is 61.8 Å². The van der Waals surface area contributed by atoms with Gasteiger partial charge in [-0.3, -0.25) is 0 Å². The van der Waals surface area contributed by atoms with Crippen LogP contribution in [0.4, 0.5) is 0 Å². The van der Waals surface area contributed by atoms with Crippen molar-refractivity contribution in [3.8, 4) is 0 Å². The van der Waals surface area contributed by atoms with E-state index in [0.29, 0.717) is 16.4 Å². The van der Waals surface area contributed by atoms with Crippen molar-refractivity contribution in [2.45, 2.75) is 38.3 Å². The monoisotopic (exact) mass is 172 g/mol. The molecule has 0 N–H and O–H groups in total. The molecule has 2 rings (SSSR count). The molecule has 0 amide bonds. The van der Waals surface area contributed by atoms with Gasteiger partial charge >= 0.3 is 0 Å². The molecule has 1 heterocycles. The highest BCUT2D eigenvalue weighted by molar-refractivity contribution is 4.91. The third kappa shape index (κ3) is 1.23. The Bertz CT molecular complexity index is 178. The van der Waals surface area contributed by atoms with Gasteiger partial charge in [-0.25, -0.2) is 15.4 Å². The van der Waals surface area contributed by atoms with Gasteiger partial charge in [0.1, 0.15) is 0 Å². The lowest BCUT2D eigenvalue weighted by Crippen LogP contribution is -2.39. The zero-order valence-corrected chi connectivity index (χ0v) is 6.97. The predicted molar refractivity (Wildman–Crippen MR) is 42.1 cm³/mol. The zero-order valence-electron chi connectivity index (χ0n) is 6.97. The summed E-state index contributed by atoms with van der Waals surface area (Å²) in [6.07, 6.45) is 2.55. The summed E-state index contributed by atoms with van der Waals surface area (Å²) in [5.74, 6) is 0.526. The molecule has 0 aromatic carbocycles. The lowest BCUT2D eigenvalue weighted by molar-refractivity contribution is -0.234. The molecule has 12 heavy (non-hydrogen) atoms. The summed E-state index contributed by atoms with van der Waals surface area (Å²) in [4.78, 5) is 4.41. The van der Waals surface area contributed by atoms with Crippen LogP contribution in [0.25, 0.3) is 0 Å². The fraction of sp³-hybridized carbons (Fsp3) is 1.00. The van der Waals surface area contributed by atoms with Crippen molar-refractivity contribution in [1.29, 1.82) is 0 Å². The van der Waals surface area contributed by atoms with Gasteiger partial charge in [-0.05, 0) is 25.2 Å². The molecule has 2 fully saturated rings. The van der Waals surface area contributed by atoms with Crippen LogP contribution in [0.1, 0.15) is 26.2 Å². The fourth-order valence-corrected chi connectivity index (χ4v) is 2.01. The van der Waals surface area contributed by atoms with Gasteiger partial charge in [0, 0.05) is 12.1 Å². The lowest BCUT2D eigenvalue weighted by atomic mass is 9.84. The molecule has 1 saturated heterocycles. The van der Waals surface area contributed by atoms with Crippen molar-refractivity contribution in [2.24, 2.45) is 5.92 Å². The summed E-state index contributed by atoms with van der Waals surface area (Å²) >= 11 is 0. The van der Waals surface area contributed by atoms with Gasteiger partial charge in [0.05, 0.1) is 0 Å². The number of hydrogen-bond donors (Lipinski definition) is 0. The van der Waals surface area contributed by atoms with Gasteiger partial charge in [-0.15, -0.1) is 0 Å². The van der Waals surface area contributed by atoms with E-state index in [9.17, 15) is 10.4 Å². The largest absolute Gasteiger partial charge is 0.760 e. The number of fused-ring (bicyclic) bond motifs is 1. The minimum atomic E-state index is -0.244. The highest BCUT2D eigenvalue weighted by atomic mass is 17.1. The Kier molecular flexibility index (Phi) is 2.05. The van der Waals surface area contributed by atoms with Crippen LogP contribution in [0.15, 0.2) is 0 Å². The second-order valence-electron chi connectivity index (χ2n) is 3.71. The van der Waals surface area contributed by atoms with Gasteiger partial charge in [-0.2, -0.15) is 0 Å². The smallest absolute Gasteiger partial charge is 0.0409 e. The van der Waals surface area contributed by atoms with Crippen molar-refractivity contribution in [2.75, 3.05) is 0 Å². The van der Waals surface area contributed by atoms with Gasteiger partial charge in [0.25, 0.3) is 0 Å². The van der Waals surface area contributed by atoms with E-state index in [4.69, 9.17) is 0 Å². The molecule has 1 saturated carbocycles. The average Bonchev–Trinajstić information content (AvgIpc) is 2.28. The second kappa shape index (κ2) is 2.93. The molecule has 0 bridgehead atoms. The summed E-state index contributed by atoms with van der Waals surface area (Å²) in [5.41, 5.74) is 0. The third-order valence-electron chi connectivity index (χ3n) is 2.75. The van der Waals surface area contributed by atoms with E-state index in [1.54, 1.807) is 0 Å². The molecule has 3 atom stereocenters. The van der Waals surface area contributed by atoms with E-state index in [-0.39, 0.29) is 12.1 Å². The van der Waals surface area contributed by atoms with Gasteiger partial charge < -0.3 is 10.4 Å². The molecule has 2 aliphatic rings. The predicted octanol–water partition coefficient (Wildman–Crippen LogP) is 1.00. The molecule has 5 heteroatoms. The first-order valence-corrected chi connectivity index (χ1v) is 4.29. The van der Waals surface area contributed by atoms with Crippen LogP contribution in [0.3, 0.4) is 0 Å². The quantitative estimate of drug-likeness (QED) is 0.545. The molecule has 0 spiro atoms. The fourth-order valence-electron chi connectivity index (χ4n) is 2.01. The Hall–Kier alpha value is -0.200. The van der Waals surface area contributed by atoms with Crippen molar-refractivity contribution >= 4 is 0 Å². The van der Waals surface area contributed by atoms with E-state index >= 15 is 0 Å². The number of hydroxylamine groups is 4. The van der Waals surface area contributed by atoms with Crippen LogP contribution >= 0.6 is 0 Å². The Balaban J connectivity index is 2.07. The average molecular weight is 172 g/mol. The molecule has 70 valence electrons.